The third-order valence-electron chi connectivity index (χ3n) is 2.36. The van der Waals surface area contributed by atoms with E-state index in [1.807, 2.05) is 0 Å². The van der Waals surface area contributed by atoms with Gasteiger partial charge < -0.3 is 9.59 Å². The van der Waals surface area contributed by atoms with Gasteiger partial charge in [-0.1, -0.05) is 52.4 Å². The van der Waals surface area contributed by atoms with Crippen LogP contribution in [-0.2, 0) is 0 Å². The second-order valence-electron chi connectivity index (χ2n) is 3.90. The van der Waals surface area contributed by atoms with Crippen LogP contribution in [0.1, 0.15) is 52.4 Å². The molecule has 0 aliphatic carbocycles. The summed E-state index contributed by atoms with van der Waals surface area (Å²) in [4.78, 5) is 19.3. The van der Waals surface area contributed by atoms with E-state index in [4.69, 9.17) is 0 Å². The van der Waals surface area contributed by atoms with Crippen molar-refractivity contribution in [1.82, 2.24) is 0 Å². The van der Waals surface area contributed by atoms with Crippen LogP contribution < -0.4 is 0 Å². The zero-order valence-corrected chi connectivity index (χ0v) is 10.1. The first-order chi connectivity index (χ1) is 6.12. The number of unbranched alkanes of at least 4 members (excludes halogenated alkanes) is 4. The summed E-state index contributed by atoms with van der Waals surface area (Å²) in [5.41, 5.74) is 0. The summed E-state index contributed by atoms with van der Waals surface area (Å²) >= 11 is 0. The van der Waals surface area contributed by atoms with Crippen LogP contribution in [0.3, 0.4) is 0 Å². The van der Waals surface area contributed by atoms with Gasteiger partial charge in [-0.15, -0.1) is 0 Å². The van der Waals surface area contributed by atoms with E-state index < -0.39 is 8.56 Å². The summed E-state index contributed by atoms with van der Waals surface area (Å²) in [5.74, 6) is 0. The maximum absolute atomic E-state index is 9.66. The average Bonchev–Trinajstić information content (AvgIpc) is 2.05. The van der Waals surface area contributed by atoms with Gasteiger partial charge in [0.15, 0.2) is 0 Å². The zero-order valence-electron chi connectivity index (χ0n) is 9.05. The Hall–Kier alpha value is 0.137. The molecule has 0 aliphatic rings. The second-order valence-corrected chi connectivity index (χ2v) is 6.86. The molecule has 0 amide bonds. The highest BCUT2D eigenvalue weighted by atomic mass is 28.4. The molecule has 0 heterocycles. The lowest BCUT2D eigenvalue weighted by atomic mass is 10.3. The van der Waals surface area contributed by atoms with E-state index in [1.165, 1.54) is 0 Å². The van der Waals surface area contributed by atoms with Crippen molar-refractivity contribution in [2.24, 2.45) is 0 Å². The monoisotopic (exact) mass is 204 g/mol. The van der Waals surface area contributed by atoms with E-state index in [0.717, 1.165) is 38.5 Å². The normalized spacial score (nSPS) is 12.0. The fourth-order valence-corrected chi connectivity index (χ4v) is 3.32. The first kappa shape index (κ1) is 13.1. The van der Waals surface area contributed by atoms with E-state index in [-0.39, 0.29) is 0 Å². The molecule has 2 N–H and O–H groups in total. The van der Waals surface area contributed by atoms with Crippen LogP contribution >= 0.6 is 0 Å². The highest BCUT2D eigenvalue weighted by Gasteiger charge is 2.26. The van der Waals surface area contributed by atoms with Gasteiger partial charge in [0.2, 0.25) is 0 Å². The van der Waals surface area contributed by atoms with Crippen molar-refractivity contribution in [3.05, 3.63) is 0 Å². The maximum Gasteiger partial charge on any atom is 0.332 e. The molecule has 0 aromatic heterocycles. The van der Waals surface area contributed by atoms with Crippen molar-refractivity contribution >= 4 is 8.56 Å². The summed E-state index contributed by atoms with van der Waals surface area (Å²) < 4.78 is 0. The van der Waals surface area contributed by atoms with Gasteiger partial charge >= 0.3 is 8.56 Å². The molecule has 2 nitrogen and oxygen atoms in total. The molecule has 0 unspecified atom stereocenters. The van der Waals surface area contributed by atoms with Gasteiger partial charge in [-0.3, -0.25) is 0 Å². The predicted octanol–water partition coefficient (Wildman–Crippen LogP) is 2.79. The fourth-order valence-electron chi connectivity index (χ4n) is 1.44. The number of hydrogen-bond acceptors (Lipinski definition) is 2. The summed E-state index contributed by atoms with van der Waals surface area (Å²) in [5, 5.41) is 0. The lowest BCUT2D eigenvalue weighted by molar-refractivity contribution is 0.351. The molecule has 3 heteroatoms. The second kappa shape index (κ2) is 7.53. The van der Waals surface area contributed by atoms with Crippen molar-refractivity contribution in [2.75, 3.05) is 0 Å². The smallest absolute Gasteiger partial charge is 0.332 e. The van der Waals surface area contributed by atoms with Gasteiger partial charge in [0.05, 0.1) is 0 Å². The summed E-state index contributed by atoms with van der Waals surface area (Å²) in [6, 6.07) is 1.34. The molecule has 0 aliphatic heterocycles. The van der Waals surface area contributed by atoms with Crippen molar-refractivity contribution in [1.29, 1.82) is 0 Å². The Labute approximate surface area is 83.2 Å². The van der Waals surface area contributed by atoms with E-state index in [9.17, 15) is 9.59 Å². The Morgan fingerprint density at radius 3 is 1.46 bits per heavy atom. The third-order valence-corrected chi connectivity index (χ3v) is 4.67. The Morgan fingerprint density at radius 1 is 0.769 bits per heavy atom. The minimum absolute atomic E-state index is 0.671. The predicted molar refractivity (Wildman–Crippen MR) is 58.9 cm³/mol. The maximum atomic E-state index is 9.66. The van der Waals surface area contributed by atoms with Crippen molar-refractivity contribution in [3.8, 4) is 0 Å². The Bertz CT molecular complexity index is 103. The van der Waals surface area contributed by atoms with Crippen LogP contribution in [0.15, 0.2) is 0 Å². The zero-order chi connectivity index (χ0) is 10.2. The molecule has 0 saturated carbocycles. The van der Waals surface area contributed by atoms with Gasteiger partial charge in [-0.05, 0) is 12.1 Å². The quantitative estimate of drug-likeness (QED) is 0.471. The summed E-state index contributed by atoms with van der Waals surface area (Å²) in [6.45, 7) is 4.27. The summed E-state index contributed by atoms with van der Waals surface area (Å²) in [7, 11) is -2.78. The highest BCUT2D eigenvalue weighted by Crippen LogP contribution is 2.17. The van der Waals surface area contributed by atoms with E-state index in [1.54, 1.807) is 0 Å². The van der Waals surface area contributed by atoms with Gasteiger partial charge in [0.25, 0.3) is 0 Å². The first-order valence-corrected chi connectivity index (χ1v) is 7.88. The standard InChI is InChI=1S/C10H24O2Si/c1-3-5-7-9-13(11,12)10-8-6-4-2/h11-12H,3-10H2,1-2H3. The Kier molecular flexibility index (Phi) is 7.61. The van der Waals surface area contributed by atoms with E-state index in [2.05, 4.69) is 13.8 Å². The molecule has 80 valence electrons. The van der Waals surface area contributed by atoms with Crippen molar-refractivity contribution in [2.45, 2.75) is 64.5 Å². The van der Waals surface area contributed by atoms with Crippen molar-refractivity contribution in [3.63, 3.8) is 0 Å². The lowest BCUT2D eigenvalue weighted by Gasteiger charge is -2.17. The molecule has 0 saturated heterocycles. The lowest BCUT2D eigenvalue weighted by Crippen LogP contribution is -2.33. The molecule has 0 bridgehead atoms. The topological polar surface area (TPSA) is 40.5 Å². The minimum Gasteiger partial charge on any atom is -0.411 e. The van der Waals surface area contributed by atoms with Crippen LogP contribution in [0, 0.1) is 0 Å². The average molecular weight is 204 g/mol. The molecule has 0 fully saturated rings. The number of hydrogen-bond donors (Lipinski definition) is 2. The molecular weight excluding hydrogens is 180 g/mol. The van der Waals surface area contributed by atoms with Crippen LogP contribution in [-0.4, -0.2) is 18.2 Å². The SMILES string of the molecule is CCCCC[Si](O)(O)CCCCC. The van der Waals surface area contributed by atoms with Crippen LogP contribution in [0.4, 0.5) is 0 Å². The largest absolute Gasteiger partial charge is 0.411 e. The molecule has 0 aromatic carbocycles. The molecule has 0 rings (SSSR count). The van der Waals surface area contributed by atoms with Crippen LogP contribution in [0.2, 0.25) is 12.1 Å². The molecule has 0 atom stereocenters. The highest BCUT2D eigenvalue weighted by molar-refractivity contribution is 6.64. The van der Waals surface area contributed by atoms with Gasteiger partial charge in [-0.2, -0.15) is 0 Å². The molecule has 0 spiro atoms. The Balaban J connectivity index is 3.42. The van der Waals surface area contributed by atoms with Crippen LogP contribution in [0.25, 0.3) is 0 Å². The van der Waals surface area contributed by atoms with Gasteiger partial charge in [0, 0.05) is 0 Å². The van der Waals surface area contributed by atoms with Crippen LogP contribution in [0.5, 0.6) is 0 Å². The molecule has 0 radical (unpaired) electrons. The summed E-state index contributed by atoms with van der Waals surface area (Å²) in [6.07, 6.45) is 6.54. The fraction of sp³-hybridized carbons (Fsp3) is 1.00. The number of rotatable bonds is 8. The van der Waals surface area contributed by atoms with E-state index in [0.29, 0.717) is 12.1 Å². The minimum atomic E-state index is -2.78. The van der Waals surface area contributed by atoms with Crippen molar-refractivity contribution < 1.29 is 9.59 Å². The molecule has 0 aromatic rings. The Morgan fingerprint density at radius 2 is 1.15 bits per heavy atom. The first-order valence-electron chi connectivity index (χ1n) is 5.57. The molecule has 13 heavy (non-hydrogen) atoms. The van der Waals surface area contributed by atoms with Gasteiger partial charge in [0.1, 0.15) is 0 Å². The molecular formula is C10H24O2Si. The van der Waals surface area contributed by atoms with E-state index >= 15 is 0 Å². The van der Waals surface area contributed by atoms with Gasteiger partial charge in [-0.25, -0.2) is 0 Å². The third kappa shape index (κ3) is 8.47.